The van der Waals surface area contributed by atoms with Crippen LogP contribution < -0.4 is 0 Å². The fourth-order valence-electron chi connectivity index (χ4n) is 3.28. The highest BCUT2D eigenvalue weighted by Gasteiger charge is 2.40. The molecule has 118 valence electrons. The Balaban J connectivity index is 1.56. The Morgan fingerprint density at radius 3 is 2.36 bits per heavy atom. The Labute approximate surface area is 131 Å². The van der Waals surface area contributed by atoms with Gasteiger partial charge in [-0.1, -0.05) is 30.3 Å². The zero-order valence-electron chi connectivity index (χ0n) is 12.8. The highest BCUT2D eigenvalue weighted by atomic mass is 16.5. The van der Waals surface area contributed by atoms with E-state index in [4.69, 9.17) is 4.74 Å². The third kappa shape index (κ3) is 3.16. The SMILES string of the molecule is N#CC(c1ccccc1)N1CCN(CC2(CO)COC2)CC1. The molecule has 22 heavy (non-hydrogen) atoms. The summed E-state index contributed by atoms with van der Waals surface area (Å²) in [4.78, 5) is 4.63. The molecule has 1 aromatic carbocycles. The molecule has 1 unspecified atom stereocenters. The summed E-state index contributed by atoms with van der Waals surface area (Å²) in [5.74, 6) is 0. The minimum absolute atomic E-state index is 0.0593. The van der Waals surface area contributed by atoms with Crippen LogP contribution in [0.1, 0.15) is 11.6 Å². The second-order valence-corrected chi connectivity index (χ2v) is 6.41. The average Bonchev–Trinajstić information content (AvgIpc) is 2.54. The van der Waals surface area contributed by atoms with Gasteiger partial charge in [-0.25, -0.2) is 0 Å². The van der Waals surface area contributed by atoms with Crippen molar-refractivity contribution in [3.8, 4) is 6.07 Å². The largest absolute Gasteiger partial charge is 0.396 e. The number of ether oxygens (including phenoxy) is 1. The minimum atomic E-state index is -0.165. The van der Waals surface area contributed by atoms with Gasteiger partial charge in [-0.3, -0.25) is 9.80 Å². The first-order valence-electron chi connectivity index (χ1n) is 7.86. The maximum Gasteiger partial charge on any atom is 0.123 e. The molecule has 1 atom stereocenters. The van der Waals surface area contributed by atoms with E-state index in [1.807, 2.05) is 30.3 Å². The summed E-state index contributed by atoms with van der Waals surface area (Å²) in [5, 5.41) is 19.0. The monoisotopic (exact) mass is 301 g/mol. The number of aliphatic hydroxyl groups is 1. The molecule has 2 aliphatic rings. The van der Waals surface area contributed by atoms with Crippen LogP contribution in [0.3, 0.4) is 0 Å². The molecular weight excluding hydrogens is 278 g/mol. The predicted molar refractivity (Wildman–Crippen MR) is 83.1 cm³/mol. The van der Waals surface area contributed by atoms with Crippen molar-refractivity contribution < 1.29 is 9.84 Å². The molecule has 0 bridgehead atoms. The van der Waals surface area contributed by atoms with Gasteiger partial charge in [0.05, 0.1) is 31.3 Å². The van der Waals surface area contributed by atoms with Crippen LogP contribution in [0.2, 0.25) is 0 Å². The second kappa shape index (κ2) is 6.76. The van der Waals surface area contributed by atoms with Gasteiger partial charge in [-0.2, -0.15) is 5.26 Å². The van der Waals surface area contributed by atoms with E-state index in [0.717, 1.165) is 38.3 Å². The van der Waals surface area contributed by atoms with E-state index < -0.39 is 0 Å². The van der Waals surface area contributed by atoms with Crippen LogP contribution in [0.4, 0.5) is 0 Å². The third-order valence-electron chi connectivity index (χ3n) is 4.72. The van der Waals surface area contributed by atoms with Gasteiger partial charge in [-0.15, -0.1) is 0 Å². The zero-order chi connectivity index (χ0) is 15.4. The highest BCUT2D eigenvalue weighted by Crippen LogP contribution is 2.29. The molecule has 0 radical (unpaired) electrons. The topological polar surface area (TPSA) is 59.7 Å². The smallest absolute Gasteiger partial charge is 0.123 e. The first-order chi connectivity index (χ1) is 10.8. The molecule has 5 nitrogen and oxygen atoms in total. The number of rotatable bonds is 5. The molecule has 0 aliphatic carbocycles. The molecule has 5 heteroatoms. The van der Waals surface area contributed by atoms with Crippen LogP contribution in [0.15, 0.2) is 30.3 Å². The quantitative estimate of drug-likeness (QED) is 0.875. The number of nitrogens with zero attached hydrogens (tertiary/aromatic N) is 3. The maximum atomic E-state index is 9.53. The van der Waals surface area contributed by atoms with E-state index in [2.05, 4.69) is 15.9 Å². The molecule has 2 aliphatic heterocycles. The number of nitriles is 1. The van der Waals surface area contributed by atoms with Gasteiger partial charge in [-0.05, 0) is 5.56 Å². The molecule has 1 aromatic rings. The Bertz CT molecular complexity index is 511. The van der Waals surface area contributed by atoms with Crippen LogP contribution in [0, 0.1) is 16.7 Å². The predicted octanol–water partition coefficient (Wildman–Crippen LogP) is 0.878. The van der Waals surface area contributed by atoms with Gasteiger partial charge in [0.15, 0.2) is 0 Å². The Morgan fingerprint density at radius 1 is 1.18 bits per heavy atom. The lowest BCUT2D eigenvalue weighted by molar-refractivity contribution is -0.150. The zero-order valence-corrected chi connectivity index (χ0v) is 12.8. The Morgan fingerprint density at radius 2 is 1.86 bits per heavy atom. The molecular formula is C17H23N3O2. The summed E-state index contributed by atoms with van der Waals surface area (Å²) in [6.07, 6.45) is 0. The first kappa shape index (κ1) is 15.4. The van der Waals surface area contributed by atoms with E-state index in [-0.39, 0.29) is 18.1 Å². The highest BCUT2D eigenvalue weighted by molar-refractivity contribution is 5.24. The van der Waals surface area contributed by atoms with Crippen molar-refractivity contribution >= 4 is 0 Å². The Kier molecular flexibility index (Phi) is 4.74. The van der Waals surface area contributed by atoms with E-state index >= 15 is 0 Å². The molecule has 0 saturated carbocycles. The van der Waals surface area contributed by atoms with E-state index in [1.54, 1.807) is 0 Å². The molecule has 0 aromatic heterocycles. The van der Waals surface area contributed by atoms with Crippen LogP contribution in [0.5, 0.6) is 0 Å². The van der Waals surface area contributed by atoms with Crippen LogP contribution in [0.25, 0.3) is 0 Å². The number of hydrogen-bond donors (Lipinski definition) is 1. The van der Waals surface area contributed by atoms with Crippen molar-refractivity contribution in [1.29, 1.82) is 5.26 Å². The summed E-state index contributed by atoms with van der Waals surface area (Å²) in [5.41, 5.74) is 1.01. The maximum absolute atomic E-state index is 9.53. The molecule has 3 rings (SSSR count). The molecule has 2 saturated heterocycles. The fourth-order valence-corrected chi connectivity index (χ4v) is 3.28. The van der Waals surface area contributed by atoms with Crippen molar-refractivity contribution in [2.75, 3.05) is 52.5 Å². The minimum Gasteiger partial charge on any atom is -0.396 e. The van der Waals surface area contributed by atoms with Crippen molar-refractivity contribution in [3.05, 3.63) is 35.9 Å². The average molecular weight is 301 g/mol. The first-order valence-corrected chi connectivity index (χ1v) is 7.86. The van der Waals surface area contributed by atoms with Crippen LogP contribution in [-0.4, -0.2) is 67.5 Å². The summed E-state index contributed by atoms with van der Waals surface area (Å²) >= 11 is 0. The van der Waals surface area contributed by atoms with Gasteiger partial charge >= 0.3 is 0 Å². The molecule has 2 heterocycles. The van der Waals surface area contributed by atoms with Crippen molar-refractivity contribution in [2.45, 2.75) is 6.04 Å². The van der Waals surface area contributed by atoms with E-state index in [0.29, 0.717) is 13.2 Å². The fraction of sp³-hybridized carbons (Fsp3) is 0.588. The lowest BCUT2D eigenvalue weighted by Gasteiger charge is -2.45. The summed E-state index contributed by atoms with van der Waals surface area (Å²) in [7, 11) is 0. The van der Waals surface area contributed by atoms with Crippen molar-refractivity contribution in [1.82, 2.24) is 9.80 Å². The Hall–Kier alpha value is -1.45. The lowest BCUT2D eigenvalue weighted by Crippen LogP contribution is -2.57. The van der Waals surface area contributed by atoms with Gasteiger partial charge in [0.25, 0.3) is 0 Å². The van der Waals surface area contributed by atoms with Gasteiger partial charge in [0, 0.05) is 32.7 Å². The third-order valence-corrected chi connectivity index (χ3v) is 4.72. The van der Waals surface area contributed by atoms with Crippen LogP contribution in [-0.2, 0) is 4.74 Å². The standard InChI is InChI=1S/C17H23N3O2/c18-10-16(15-4-2-1-3-5-15)20-8-6-19(7-9-20)11-17(12-21)13-22-14-17/h1-5,16,21H,6-9,11-14H2. The second-order valence-electron chi connectivity index (χ2n) is 6.41. The lowest BCUT2D eigenvalue weighted by atomic mass is 9.86. The number of aliphatic hydroxyl groups excluding tert-OH is 1. The van der Waals surface area contributed by atoms with Crippen LogP contribution >= 0.6 is 0 Å². The van der Waals surface area contributed by atoms with Gasteiger partial charge in [0.2, 0.25) is 0 Å². The molecule has 1 N–H and O–H groups in total. The number of piperazine rings is 1. The summed E-state index contributed by atoms with van der Waals surface area (Å²) in [6.45, 7) is 6.05. The van der Waals surface area contributed by atoms with Gasteiger partial charge in [0.1, 0.15) is 6.04 Å². The molecule has 0 spiro atoms. The summed E-state index contributed by atoms with van der Waals surface area (Å²) in [6, 6.07) is 12.3. The normalized spacial score (nSPS) is 23.5. The number of hydrogen-bond acceptors (Lipinski definition) is 5. The molecule has 0 amide bonds. The summed E-state index contributed by atoms with van der Waals surface area (Å²) < 4.78 is 5.27. The number of benzene rings is 1. The van der Waals surface area contributed by atoms with E-state index in [9.17, 15) is 10.4 Å². The van der Waals surface area contributed by atoms with E-state index in [1.165, 1.54) is 0 Å². The van der Waals surface area contributed by atoms with Crippen molar-refractivity contribution in [3.63, 3.8) is 0 Å². The van der Waals surface area contributed by atoms with Gasteiger partial charge < -0.3 is 9.84 Å². The molecule has 2 fully saturated rings. The van der Waals surface area contributed by atoms with Crippen molar-refractivity contribution in [2.24, 2.45) is 5.41 Å².